The predicted octanol–water partition coefficient (Wildman–Crippen LogP) is 1.44. The molecule has 0 saturated heterocycles. The number of hydrogen-bond acceptors (Lipinski definition) is 3. The van der Waals surface area contributed by atoms with Crippen LogP contribution in [0.1, 0.15) is 18.1 Å². The van der Waals surface area contributed by atoms with E-state index in [1.54, 1.807) is 24.3 Å². The third kappa shape index (κ3) is 5.04. The fourth-order valence-corrected chi connectivity index (χ4v) is 1.74. The molecule has 0 bridgehead atoms. The molecule has 0 radical (unpaired) electrons. The first-order chi connectivity index (χ1) is 8.50. The van der Waals surface area contributed by atoms with Crippen molar-refractivity contribution in [3.8, 4) is 0 Å². The zero-order chi connectivity index (χ0) is 13.5. The Bertz CT molecular complexity index is 396. The van der Waals surface area contributed by atoms with Crippen LogP contribution >= 0.6 is 11.6 Å². The topological polar surface area (TPSA) is 52.6 Å². The Hall–Kier alpha value is -1.10. The molecule has 0 saturated carbocycles. The van der Waals surface area contributed by atoms with Crippen LogP contribution in [0.5, 0.6) is 0 Å². The van der Waals surface area contributed by atoms with Gasteiger partial charge in [-0.05, 0) is 20.2 Å². The molecule has 0 spiro atoms. The van der Waals surface area contributed by atoms with E-state index in [0.717, 1.165) is 0 Å². The average Bonchev–Trinajstić information content (AvgIpc) is 2.34. The van der Waals surface area contributed by atoms with Crippen LogP contribution in [0.25, 0.3) is 0 Å². The SMILES string of the molecule is CN(C)CCC(=O)NCC(O)c1ccccc1Cl. The van der Waals surface area contributed by atoms with Crippen LogP contribution in [-0.2, 0) is 4.79 Å². The third-order valence-corrected chi connectivity index (χ3v) is 2.89. The molecule has 18 heavy (non-hydrogen) atoms. The second kappa shape index (κ2) is 7.36. The summed E-state index contributed by atoms with van der Waals surface area (Å²) in [5, 5.41) is 13.1. The Labute approximate surface area is 113 Å². The van der Waals surface area contributed by atoms with Crippen LogP contribution < -0.4 is 5.32 Å². The second-order valence-corrected chi connectivity index (χ2v) is 4.80. The third-order valence-electron chi connectivity index (χ3n) is 2.54. The summed E-state index contributed by atoms with van der Waals surface area (Å²) in [4.78, 5) is 13.4. The molecule has 4 nitrogen and oxygen atoms in total. The summed E-state index contributed by atoms with van der Waals surface area (Å²) < 4.78 is 0. The van der Waals surface area contributed by atoms with Crippen molar-refractivity contribution in [2.45, 2.75) is 12.5 Å². The van der Waals surface area contributed by atoms with Gasteiger partial charge in [-0.2, -0.15) is 0 Å². The van der Waals surface area contributed by atoms with Gasteiger partial charge in [-0.3, -0.25) is 4.79 Å². The Kier molecular flexibility index (Phi) is 6.12. The van der Waals surface area contributed by atoms with E-state index in [0.29, 0.717) is 23.6 Å². The molecule has 0 fully saturated rings. The van der Waals surface area contributed by atoms with Gasteiger partial charge in [-0.15, -0.1) is 0 Å². The fourth-order valence-electron chi connectivity index (χ4n) is 1.48. The second-order valence-electron chi connectivity index (χ2n) is 4.39. The lowest BCUT2D eigenvalue weighted by molar-refractivity contribution is -0.121. The Balaban J connectivity index is 2.39. The maximum Gasteiger partial charge on any atom is 0.221 e. The van der Waals surface area contributed by atoms with E-state index in [9.17, 15) is 9.90 Å². The number of nitrogens with zero attached hydrogens (tertiary/aromatic N) is 1. The van der Waals surface area contributed by atoms with Gasteiger partial charge in [0.25, 0.3) is 0 Å². The lowest BCUT2D eigenvalue weighted by Crippen LogP contribution is -2.30. The van der Waals surface area contributed by atoms with Gasteiger partial charge in [0.1, 0.15) is 0 Å². The number of amides is 1. The normalized spacial score (nSPS) is 12.5. The number of aliphatic hydroxyl groups excluding tert-OH is 1. The summed E-state index contributed by atoms with van der Waals surface area (Å²) in [6, 6.07) is 7.07. The largest absolute Gasteiger partial charge is 0.387 e. The molecule has 1 rings (SSSR count). The van der Waals surface area contributed by atoms with Crippen LogP contribution in [-0.4, -0.2) is 43.1 Å². The molecule has 0 aliphatic heterocycles. The summed E-state index contributed by atoms with van der Waals surface area (Å²) in [5.74, 6) is -0.0743. The number of halogens is 1. The quantitative estimate of drug-likeness (QED) is 0.823. The minimum Gasteiger partial charge on any atom is -0.387 e. The molecule has 5 heteroatoms. The van der Waals surface area contributed by atoms with Crippen molar-refractivity contribution >= 4 is 17.5 Å². The summed E-state index contributed by atoms with van der Waals surface area (Å²) in [5.41, 5.74) is 0.632. The van der Waals surface area contributed by atoms with E-state index in [2.05, 4.69) is 5.32 Å². The van der Waals surface area contributed by atoms with E-state index in [1.807, 2.05) is 19.0 Å². The highest BCUT2D eigenvalue weighted by Crippen LogP contribution is 2.21. The first-order valence-corrected chi connectivity index (χ1v) is 6.22. The van der Waals surface area contributed by atoms with Gasteiger partial charge in [0, 0.05) is 30.1 Å². The summed E-state index contributed by atoms with van der Waals surface area (Å²) >= 11 is 5.96. The highest BCUT2D eigenvalue weighted by Gasteiger charge is 2.12. The lowest BCUT2D eigenvalue weighted by Gasteiger charge is -2.14. The molecule has 2 N–H and O–H groups in total. The number of benzene rings is 1. The molecule has 0 aliphatic carbocycles. The Morgan fingerprint density at radius 1 is 1.44 bits per heavy atom. The molecule has 100 valence electrons. The van der Waals surface area contributed by atoms with Crippen molar-refractivity contribution < 1.29 is 9.90 Å². The van der Waals surface area contributed by atoms with E-state index < -0.39 is 6.10 Å². The van der Waals surface area contributed by atoms with Crippen LogP contribution in [0, 0.1) is 0 Å². The van der Waals surface area contributed by atoms with Crippen LogP contribution in [0.3, 0.4) is 0 Å². The van der Waals surface area contributed by atoms with Crippen molar-refractivity contribution in [3.63, 3.8) is 0 Å². The fraction of sp³-hybridized carbons (Fsp3) is 0.462. The minimum absolute atomic E-state index is 0.0743. The summed E-state index contributed by atoms with van der Waals surface area (Å²) in [6.45, 7) is 0.865. The Morgan fingerprint density at radius 2 is 2.11 bits per heavy atom. The smallest absolute Gasteiger partial charge is 0.221 e. The molecule has 1 unspecified atom stereocenters. The summed E-state index contributed by atoms with van der Waals surface area (Å²) in [6.07, 6.45) is -0.357. The molecule has 1 amide bonds. The highest BCUT2D eigenvalue weighted by molar-refractivity contribution is 6.31. The zero-order valence-corrected chi connectivity index (χ0v) is 11.4. The number of aliphatic hydroxyl groups is 1. The number of nitrogens with one attached hydrogen (secondary N) is 1. The van der Waals surface area contributed by atoms with Crippen molar-refractivity contribution in [2.24, 2.45) is 0 Å². The first-order valence-electron chi connectivity index (χ1n) is 5.84. The van der Waals surface area contributed by atoms with Crippen molar-refractivity contribution in [3.05, 3.63) is 34.9 Å². The zero-order valence-electron chi connectivity index (χ0n) is 10.7. The molecule has 1 aromatic carbocycles. The molecular formula is C13H19ClN2O2. The molecule has 0 aliphatic rings. The van der Waals surface area contributed by atoms with Crippen LogP contribution in [0.15, 0.2) is 24.3 Å². The van der Waals surface area contributed by atoms with Crippen LogP contribution in [0.2, 0.25) is 5.02 Å². The van der Waals surface area contributed by atoms with E-state index in [1.165, 1.54) is 0 Å². The van der Waals surface area contributed by atoms with Crippen LogP contribution in [0.4, 0.5) is 0 Å². The van der Waals surface area contributed by atoms with Gasteiger partial charge in [0.05, 0.1) is 6.10 Å². The molecule has 0 aromatic heterocycles. The predicted molar refractivity (Wildman–Crippen MR) is 72.6 cm³/mol. The van der Waals surface area contributed by atoms with Crippen molar-refractivity contribution in [1.29, 1.82) is 0 Å². The van der Waals surface area contributed by atoms with Gasteiger partial charge >= 0.3 is 0 Å². The standard InChI is InChI=1S/C13H19ClN2O2/c1-16(2)8-7-13(18)15-9-12(17)10-5-3-4-6-11(10)14/h3-6,12,17H,7-9H2,1-2H3,(H,15,18). The lowest BCUT2D eigenvalue weighted by atomic mass is 10.1. The van der Waals surface area contributed by atoms with E-state index in [-0.39, 0.29) is 12.5 Å². The molecule has 1 atom stereocenters. The van der Waals surface area contributed by atoms with Gasteiger partial charge in [-0.25, -0.2) is 0 Å². The number of hydrogen-bond donors (Lipinski definition) is 2. The molecular weight excluding hydrogens is 252 g/mol. The monoisotopic (exact) mass is 270 g/mol. The number of carbonyl (C=O) groups excluding carboxylic acids is 1. The summed E-state index contributed by atoms with van der Waals surface area (Å²) in [7, 11) is 3.82. The first kappa shape index (κ1) is 15.0. The minimum atomic E-state index is -0.776. The van der Waals surface area contributed by atoms with E-state index >= 15 is 0 Å². The van der Waals surface area contributed by atoms with Gasteiger partial charge < -0.3 is 15.3 Å². The highest BCUT2D eigenvalue weighted by atomic mass is 35.5. The number of carbonyl (C=O) groups is 1. The number of rotatable bonds is 6. The maximum atomic E-state index is 11.5. The van der Waals surface area contributed by atoms with Crippen molar-refractivity contribution in [2.75, 3.05) is 27.2 Å². The molecule has 1 aromatic rings. The Morgan fingerprint density at radius 3 is 2.72 bits per heavy atom. The van der Waals surface area contributed by atoms with Gasteiger partial charge in [0.15, 0.2) is 0 Å². The maximum absolute atomic E-state index is 11.5. The average molecular weight is 271 g/mol. The molecule has 0 heterocycles. The van der Waals surface area contributed by atoms with Gasteiger partial charge in [-0.1, -0.05) is 29.8 Å². The van der Waals surface area contributed by atoms with E-state index in [4.69, 9.17) is 11.6 Å². The van der Waals surface area contributed by atoms with Crippen molar-refractivity contribution in [1.82, 2.24) is 10.2 Å². The van der Waals surface area contributed by atoms with Gasteiger partial charge in [0.2, 0.25) is 5.91 Å².